The van der Waals surface area contributed by atoms with Crippen LogP contribution in [0.1, 0.15) is 5.56 Å². The maximum absolute atomic E-state index is 11.8. The molecule has 120 valence electrons. The Bertz CT molecular complexity index is 733. The number of hydrogen-bond donors (Lipinski definition) is 1. The molecule has 0 saturated heterocycles. The van der Waals surface area contributed by atoms with Crippen LogP contribution in [0.5, 0.6) is 0 Å². The molecule has 2 aromatic rings. The van der Waals surface area contributed by atoms with Crippen LogP contribution in [-0.2, 0) is 19.1 Å². The van der Waals surface area contributed by atoms with E-state index in [1.807, 2.05) is 54.2 Å². The van der Waals surface area contributed by atoms with E-state index in [0.717, 1.165) is 17.3 Å². The Morgan fingerprint density at radius 3 is 2.43 bits per heavy atom. The quantitative estimate of drug-likeness (QED) is 0.678. The highest BCUT2D eigenvalue weighted by Crippen LogP contribution is 2.21. The van der Waals surface area contributed by atoms with Crippen molar-refractivity contribution in [2.75, 3.05) is 19.5 Å². The van der Waals surface area contributed by atoms with E-state index >= 15 is 0 Å². The maximum atomic E-state index is 11.8. The van der Waals surface area contributed by atoms with Crippen molar-refractivity contribution in [2.45, 2.75) is 6.92 Å². The number of nitrogens with zero attached hydrogens (tertiary/aromatic N) is 1. The van der Waals surface area contributed by atoms with E-state index < -0.39 is 11.9 Å². The summed E-state index contributed by atoms with van der Waals surface area (Å²) >= 11 is 0. The minimum absolute atomic E-state index is 0.00154. The van der Waals surface area contributed by atoms with Gasteiger partial charge in [0, 0.05) is 23.8 Å². The normalized spacial score (nSPS) is 11.0. The Labute approximate surface area is 134 Å². The van der Waals surface area contributed by atoms with Crippen LogP contribution < -0.4 is 5.32 Å². The predicted octanol–water partition coefficient (Wildman–Crippen LogP) is 2.43. The molecule has 0 bridgehead atoms. The minimum atomic E-state index is -0.654. The SMILES string of the molecule is COC(=O)/C=C(/Nc1ccc(C)c(-n2cccc2)c1)C(=O)OC. The third kappa shape index (κ3) is 4.00. The molecule has 0 amide bonds. The van der Waals surface area contributed by atoms with Crippen LogP contribution in [0.4, 0.5) is 5.69 Å². The van der Waals surface area contributed by atoms with Gasteiger partial charge in [-0.05, 0) is 36.8 Å². The average Bonchev–Trinajstić information content (AvgIpc) is 3.09. The molecule has 0 fully saturated rings. The number of rotatable bonds is 5. The molecule has 0 atom stereocenters. The zero-order valence-corrected chi connectivity index (χ0v) is 13.2. The van der Waals surface area contributed by atoms with Gasteiger partial charge in [0.1, 0.15) is 5.70 Å². The van der Waals surface area contributed by atoms with Crippen LogP contribution in [0.2, 0.25) is 0 Å². The number of methoxy groups -OCH3 is 2. The molecule has 0 spiro atoms. The second-order valence-electron chi connectivity index (χ2n) is 4.79. The fraction of sp³-hybridized carbons (Fsp3) is 0.176. The first-order valence-corrected chi connectivity index (χ1v) is 6.94. The van der Waals surface area contributed by atoms with E-state index in [0.29, 0.717) is 5.69 Å². The number of ether oxygens (including phenoxy) is 2. The second kappa shape index (κ2) is 7.31. The summed E-state index contributed by atoms with van der Waals surface area (Å²) in [7, 11) is 2.49. The molecule has 1 heterocycles. The monoisotopic (exact) mass is 314 g/mol. The van der Waals surface area contributed by atoms with Crippen LogP contribution >= 0.6 is 0 Å². The van der Waals surface area contributed by atoms with Crippen molar-refractivity contribution in [1.29, 1.82) is 0 Å². The summed E-state index contributed by atoms with van der Waals surface area (Å²) in [6.07, 6.45) is 4.91. The number of aryl methyl sites for hydroxylation is 1. The van der Waals surface area contributed by atoms with Crippen LogP contribution in [0.15, 0.2) is 54.5 Å². The molecule has 2 rings (SSSR count). The first-order valence-electron chi connectivity index (χ1n) is 6.94. The van der Waals surface area contributed by atoms with Gasteiger partial charge < -0.3 is 19.4 Å². The summed E-state index contributed by atoms with van der Waals surface area (Å²) in [5.41, 5.74) is 2.69. The Hall–Kier alpha value is -3.02. The molecular formula is C17H18N2O4. The summed E-state index contributed by atoms with van der Waals surface area (Å²) in [6, 6.07) is 9.47. The molecular weight excluding hydrogens is 296 g/mol. The lowest BCUT2D eigenvalue weighted by Gasteiger charge is -2.13. The van der Waals surface area contributed by atoms with Crippen molar-refractivity contribution >= 4 is 17.6 Å². The molecule has 0 radical (unpaired) electrons. The predicted molar refractivity (Wildman–Crippen MR) is 86.2 cm³/mol. The molecule has 0 aliphatic rings. The number of hydrogen-bond acceptors (Lipinski definition) is 5. The van der Waals surface area contributed by atoms with Crippen molar-refractivity contribution in [3.8, 4) is 5.69 Å². The van der Waals surface area contributed by atoms with Crippen LogP contribution in [0.3, 0.4) is 0 Å². The number of carbonyl (C=O) groups excluding carboxylic acids is 2. The molecule has 23 heavy (non-hydrogen) atoms. The lowest BCUT2D eigenvalue weighted by molar-refractivity contribution is -0.138. The maximum Gasteiger partial charge on any atom is 0.354 e. The molecule has 1 N–H and O–H groups in total. The summed E-state index contributed by atoms with van der Waals surface area (Å²) in [6.45, 7) is 1.99. The Kier molecular flexibility index (Phi) is 5.19. The number of carbonyl (C=O) groups is 2. The van der Waals surface area contributed by atoms with E-state index in [9.17, 15) is 9.59 Å². The standard InChI is InChI=1S/C17H18N2O4/c1-12-6-7-13(10-15(12)19-8-4-5-9-19)18-14(17(21)23-3)11-16(20)22-2/h4-11,18H,1-3H3/b14-11+. The number of nitrogens with one attached hydrogen (secondary N) is 1. The summed E-state index contributed by atoms with van der Waals surface area (Å²) in [4.78, 5) is 23.2. The molecule has 0 unspecified atom stereocenters. The fourth-order valence-corrected chi connectivity index (χ4v) is 2.05. The van der Waals surface area contributed by atoms with Crippen molar-refractivity contribution in [3.05, 3.63) is 60.1 Å². The van der Waals surface area contributed by atoms with Crippen molar-refractivity contribution in [3.63, 3.8) is 0 Å². The van der Waals surface area contributed by atoms with Crippen molar-refractivity contribution in [1.82, 2.24) is 4.57 Å². The molecule has 0 aliphatic carbocycles. The molecule has 1 aromatic heterocycles. The Morgan fingerprint density at radius 2 is 1.83 bits per heavy atom. The van der Waals surface area contributed by atoms with Gasteiger partial charge in [0.05, 0.1) is 20.3 Å². The fourth-order valence-electron chi connectivity index (χ4n) is 2.05. The van der Waals surface area contributed by atoms with E-state index in [4.69, 9.17) is 0 Å². The van der Waals surface area contributed by atoms with E-state index in [1.54, 1.807) is 0 Å². The van der Waals surface area contributed by atoms with Crippen LogP contribution in [-0.4, -0.2) is 30.7 Å². The number of esters is 2. The van der Waals surface area contributed by atoms with E-state index in [-0.39, 0.29) is 5.70 Å². The van der Waals surface area contributed by atoms with Gasteiger partial charge in [-0.15, -0.1) is 0 Å². The van der Waals surface area contributed by atoms with Gasteiger partial charge in [0.25, 0.3) is 0 Å². The highest BCUT2D eigenvalue weighted by molar-refractivity contribution is 5.98. The third-order valence-electron chi connectivity index (χ3n) is 3.24. The molecule has 0 aliphatic heterocycles. The molecule has 6 nitrogen and oxygen atoms in total. The average molecular weight is 314 g/mol. The summed E-state index contributed by atoms with van der Waals surface area (Å²) in [5, 5.41) is 2.90. The number of anilines is 1. The first-order chi connectivity index (χ1) is 11.0. The first kappa shape index (κ1) is 16.4. The lowest BCUT2D eigenvalue weighted by atomic mass is 10.1. The van der Waals surface area contributed by atoms with Crippen LogP contribution in [0.25, 0.3) is 5.69 Å². The van der Waals surface area contributed by atoms with Gasteiger partial charge in [0.2, 0.25) is 0 Å². The van der Waals surface area contributed by atoms with E-state index in [1.165, 1.54) is 14.2 Å². The Balaban J connectivity index is 2.34. The lowest BCUT2D eigenvalue weighted by Crippen LogP contribution is -2.15. The largest absolute Gasteiger partial charge is 0.466 e. The number of benzene rings is 1. The second-order valence-corrected chi connectivity index (χ2v) is 4.79. The van der Waals surface area contributed by atoms with E-state index in [2.05, 4.69) is 14.8 Å². The van der Waals surface area contributed by atoms with Gasteiger partial charge >= 0.3 is 11.9 Å². The summed E-state index contributed by atoms with van der Waals surface area (Å²) < 4.78 is 11.2. The molecule has 1 aromatic carbocycles. The van der Waals surface area contributed by atoms with Gasteiger partial charge in [-0.2, -0.15) is 0 Å². The molecule has 6 heteroatoms. The molecule has 0 saturated carbocycles. The minimum Gasteiger partial charge on any atom is -0.466 e. The zero-order chi connectivity index (χ0) is 16.8. The highest BCUT2D eigenvalue weighted by Gasteiger charge is 2.13. The van der Waals surface area contributed by atoms with Gasteiger partial charge in [0.15, 0.2) is 0 Å². The topological polar surface area (TPSA) is 69.6 Å². The van der Waals surface area contributed by atoms with Gasteiger partial charge in [-0.25, -0.2) is 9.59 Å². The Morgan fingerprint density at radius 1 is 1.13 bits per heavy atom. The zero-order valence-electron chi connectivity index (χ0n) is 13.2. The van der Waals surface area contributed by atoms with Gasteiger partial charge in [-0.1, -0.05) is 6.07 Å². The third-order valence-corrected chi connectivity index (χ3v) is 3.24. The van der Waals surface area contributed by atoms with Crippen molar-refractivity contribution in [2.24, 2.45) is 0 Å². The highest BCUT2D eigenvalue weighted by atomic mass is 16.5. The van der Waals surface area contributed by atoms with Crippen molar-refractivity contribution < 1.29 is 19.1 Å². The number of aromatic nitrogens is 1. The summed E-state index contributed by atoms with van der Waals surface area (Å²) in [5.74, 6) is -1.30. The van der Waals surface area contributed by atoms with Crippen LogP contribution in [0, 0.1) is 6.92 Å². The smallest absolute Gasteiger partial charge is 0.354 e. The van der Waals surface area contributed by atoms with Gasteiger partial charge in [-0.3, -0.25) is 0 Å².